The molecule has 98 valence electrons. The Morgan fingerprint density at radius 2 is 2.21 bits per heavy atom. The highest BCUT2D eigenvalue weighted by Crippen LogP contribution is 2.36. The van der Waals surface area contributed by atoms with Crippen molar-refractivity contribution in [3.8, 4) is 22.8 Å². The fraction of sp³-hybridized carbons (Fsp3) is 0.167. The molecule has 4 nitrogen and oxygen atoms in total. The van der Waals surface area contributed by atoms with Crippen molar-refractivity contribution in [2.75, 3.05) is 7.11 Å². The number of nitrogens with zero attached hydrogens (tertiary/aromatic N) is 2. The molecular formula is C12H8Cl2N2O2S. The van der Waals surface area contributed by atoms with Gasteiger partial charge in [0.15, 0.2) is 11.5 Å². The molecule has 7 heteroatoms. The Bertz CT molecular complexity index is 637. The molecule has 0 aliphatic rings. The number of nitriles is 1. The van der Waals surface area contributed by atoms with Crippen LogP contribution in [0, 0.1) is 11.3 Å². The molecule has 0 spiro atoms. The quantitative estimate of drug-likeness (QED) is 0.793. The molecule has 1 heterocycles. The van der Waals surface area contributed by atoms with Crippen molar-refractivity contribution < 1.29 is 9.47 Å². The van der Waals surface area contributed by atoms with Crippen molar-refractivity contribution in [1.29, 1.82) is 5.26 Å². The van der Waals surface area contributed by atoms with Crippen molar-refractivity contribution in [3.05, 3.63) is 33.8 Å². The molecule has 1 aromatic heterocycles. The van der Waals surface area contributed by atoms with Crippen LogP contribution in [0.3, 0.4) is 0 Å². The van der Waals surface area contributed by atoms with Crippen LogP contribution in [-0.4, -0.2) is 12.1 Å². The van der Waals surface area contributed by atoms with Gasteiger partial charge in [-0.05, 0) is 12.1 Å². The lowest BCUT2D eigenvalue weighted by Gasteiger charge is -2.07. The normalized spacial score (nSPS) is 10.0. The SMILES string of the molecule is COc1cc(C#N)ccc1Oc1nc(Cl)c(CCl)s1. The van der Waals surface area contributed by atoms with E-state index in [9.17, 15) is 0 Å². The molecule has 2 aromatic rings. The van der Waals surface area contributed by atoms with E-state index in [1.54, 1.807) is 18.2 Å². The van der Waals surface area contributed by atoms with Gasteiger partial charge in [-0.3, -0.25) is 0 Å². The number of methoxy groups -OCH3 is 1. The lowest BCUT2D eigenvalue weighted by atomic mass is 10.2. The Morgan fingerprint density at radius 3 is 2.79 bits per heavy atom. The molecule has 1 aromatic carbocycles. The van der Waals surface area contributed by atoms with Gasteiger partial charge in [-0.2, -0.15) is 10.2 Å². The second-order valence-corrected chi connectivity index (χ2v) is 5.08. The van der Waals surface area contributed by atoms with Gasteiger partial charge in [-0.25, -0.2) is 0 Å². The van der Waals surface area contributed by atoms with E-state index in [0.29, 0.717) is 27.4 Å². The summed E-state index contributed by atoms with van der Waals surface area (Å²) < 4.78 is 10.8. The minimum Gasteiger partial charge on any atom is -0.493 e. The number of hydrogen-bond acceptors (Lipinski definition) is 5. The fourth-order valence-electron chi connectivity index (χ4n) is 1.35. The van der Waals surface area contributed by atoms with Crippen LogP contribution in [0.25, 0.3) is 0 Å². The van der Waals surface area contributed by atoms with Gasteiger partial charge in [0.05, 0.1) is 29.5 Å². The van der Waals surface area contributed by atoms with Gasteiger partial charge in [0.25, 0.3) is 5.19 Å². The number of halogens is 2. The first kappa shape index (κ1) is 13.9. The molecule has 0 radical (unpaired) electrons. The minimum atomic E-state index is 0.282. The highest BCUT2D eigenvalue weighted by atomic mass is 35.5. The van der Waals surface area contributed by atoms with Gasteiger partial charge in [-0.15, -0.1) is 11.6 Å². The van der Waals surface area contributed by atoms with Crippen molar-refractivity contribution >= 4 is 34.5 Å². The summed E-state index contributed by atoms with van der Waals surface area (Å²) in [7, 11) is 1.50. The molecule has 0 bridgehead atoms. The van der Waals surface area contributed by atoms with E-state index >= 15 is 0 Å². The van der Waals surface area contributed by atoms with Crippen LogP contribution >= 0.6 is 34.5 Å². The van der Waals surface area contributed by atoms with E-state index < -0.39 is 0 Å². The third-order valence-corrected chi connectivity index (χ3v) is 4.03. The van der Waals surface area contributed by atoms with Gasteiger partial charge in [0.1, 0.15) is 5.15 Å². The molecule has 0 fully saturated rings. The number of thiazole rings is 1. The Kier molecular flexibility index (Phi) is 4.48. The zero-order valence-corrected chi connectivity index (χ0v) is 12.1. The first-order valence-electron chi connectivity index (χ1n) is 5.15. The summed E-state index contributed by atoms with van der Waals surface area (Å²) in [4.78, 5) is 4.79. The third kappa shape index (κ3) is 3.10. The topological polar surface area (TPSA) is 55.1 Å². The van der Waals surface area contributed by atoms with Crippen LogP contribution in [0.1, 0.15) is 10.4 Å². The highest BCUT2D eigenvalue weighted by Gasteiger charge is 2.13. The molecule has 0 aliphatic carbocycles. The molecule has 0 saturated heterocycles. The molecule has 0 atom stereocenters. The van der Waals surface area contributed by atoms with Crippen LogP contribution in [0.4, 0.5) is 0 Å². The van der Waals surface area contributed by atoms with Gasteiger partial charge >= 0.3 is 0 Å². The van der Waals surface area contributed by atoms with Crippen LogP contribution in [0.5, 0.6) is 16.7 Å². The molecular weight excluding hydrogens is 307 g/mol. The molecule has 19 heavy (non-hydrogen) atoms. The lowest BCUT2D eigenvalue weighted by Crippen LogP contribution is -1.90. The molecule has 0 aliphatic heterocycles. The Balaban J connectivity index is 2.30. The largest absolute Gasteiger partial charge is 0.493 e. The summed E-state index contributed by atoms with van der Waals surface area (Å²) in [5.74, 6) is 1.20. The second kappa shape index (κ2) is 6.11. The summed E-state index contributed by atoms with van der Waals surface area (Å²) in [6.07, 6.45) is 0. The van der Waals surface area contributed by atoms with Crippen molar-refractivity contribution in [2.45, 2.75) is 5.88 Å². The van der Waals surface area contributed by atoms with Crippen molar-refractivity contribution in [2.24, 2.45) is 0 Å². The minimum absolute atomic E-state index is 0.282. The molecule has 0 saturated carbocycles. The highest BCUT2D eigenvalue weighted by molar-refractivity contribution is 7.14. The average molecular weight is 315 g/mol. The first-order valence-corrected chi connectivity index (χ1v) is 6.88. The van der Waals surface area contributed by atoms with E-state index in [1.165, 1.54) is 18.4 Å². The van der Waals surface area contributed by atoms with E-state index in [4.69, 9.17) is 37.9 Å². The molecule has 2 rings (SSSR count). The van der Waals surface area contributed by atoms with Gasteiger partial charge < -0.3 is 9.47 Å². The van der Waals surface area contributed by atoms with E-state index in [0.717, 1.165) is 4.88 Å². The smallest absolute Gasteiger partial charge is 0.280 e. The number of aromatic nitrogens is 1. The number of rotatable bonds is 4. The molecule has 0 amide bonds. The predicted octanol–water partition coefficient (Wildman–Crippen LogP) is 4.21. The van der Waals surface area contributed by atoms with E-state index in [2.05, 4.69) is 4.98 Å². The maximum absolute atomic E-state index is 8.82. The Hall–Kier alpha value is -1.48. The van der Waals surface area contributed by atoms with Gasteiger partial charge in [-0.1, -0.05) is 22.9 Å². The Labute approximate surface area is 124 Å². The number of alkyl halides is 1. The first-order chi connectivity index (χ1) is 9.17. The number of ether oxygens (including phenoxy) is 2. The lowest BCUT2D eigenvalue weighted by molar-refractivity contribution is 0.378. The standard InChI is InChI=1S/C12H8Cl2N2O2S/c1-17-9-4-7(6-15)2-3-8(9)18-12-16-11(14)10(5-13)19-12/h2-4H,5H2,1H3. The summed E-state index contributed by atoms with van der Waals surface area (Å²) in [5.41, 5.74) is 0.489. The summed E-state index contributed by atoms with van der Waals surface area (Å²) in [5, 5.41) is 9.54. The Morgan fingerprint density at radius 1 is 1.42 bits per heavy atom. The maximum Gasteiger partial charge on any atom is 0.280 e. The van der Waals surface area contributed by atoms with Crippen molar-refractivity contribution in [1.82, 2.24) is 4.98 Å². The number of benzene rings is 1. The maximum atomic E-state index is 8.82. The molecule has 0 unspecified atom stereocenters. The summed E-state index contributed by atoms with van der Waals surface area (Å²) >= 11 is 12.9. The van der Waals surface area contributed by atoms with E-state index in [1.807, 2.05) is 6.07 Å². The summed E-state index contributed by atoms with van der Waals surface area (Å²) in [6, 6.07) is 6.90. The van der Waals surface area contributed by atoms with Crippen LogP contribution < -0.4 is 9.47 Å². The zero-order chi connectivity index (χ0) is 13.8. The monoisotopic (exact) mass is 314 g/mol. The third-order valence-electron chi connectivity index (χ3n) is 2.24. The predicted molar refractivity (Wildman–Crippen MR) is 74.5 cm³/mol. The van der Waals surface area contributed by atoms with Gasteiger partial charge in [0, 0.05) is 6.07 Å². The summed E-state index contributed by atoms with van der Waals surface area (Å²) in [6.45, 7) is 0. The average Bonchev–Trinajstić information content (AvgIpc) is 2.79. The molecule has 0 N–H and O–H groups in total. The van der Waals surface area contributed by atoms with Crippen molar-refractivity contribution in [3.63, 3.8) is 0 Å². The number of hydrogen-bond donors (Lipinski definition) is 0. The second-order valence-electron chi connectivity index (χ2n) is 3.41. The van der Waals surface area contributed by atoms with E-state index in [-0.39, 0.29) is 5.88 Å². The zero-order valence-electron chi connectivity index (χ0n) is 9.81. The van der Waals surface area contributed by atoms with Crippen LogP contribution in [0.15, 0.2) is 18.2 Å². The van der Waals surface area contributed by atoms with Crippen LogP contribution in [-0.2, 0) is 5.88 Å². The fourth-order valence-corrected chi connectivity index (χ4v) is 2.69. The van der Waals surface area contributed by atoms with Gasteiger partial charge in [0.2, 0.25) is 0 Å². The van der Waals surface area contributed by atoms with Crippen LogP contribution in [0.2, 0.25) is 5.15 Å².